The molecular weight excluding hydrogens is 262 g/mol. The summed E-state index contributed by atoms with van der Waals surface area (Å²) in [6.45, 7) is -3.21. The minimum atomic E-state index is -2.96. The van der Waals surface area contributed by atoms with Crippen LogP contribution < -0.4 is 5.73 Å². The molecular formula is C18H37NO2. The minimum Gasteiger partial charge on any atom is -0.395 e. The topological polar surface area (TPSA) is 66.5 Å². The molecule has 21 heavy (non-hydrogen) atoms. The van der Waals surface area contributed by atoms with Crippen LogP contribution >= 0.6 is 0 Å². The first-order valence-corrected chi connectivity index (χ1v) is 8.08. The summed E-state index contributed by atoms with van der Waals surface area (Å²) in [4.78, 5) is 0. The lowest BCUT2D eigenvalue weighted by Crippen LogP contribution is -2.36. The van der Waals surface area contributed by atoms with Crippen molar-refractivity contribution in [1.29, 1.82) is 0 Å². The molecule has 0 aliphatic rings. The van der Waals surface area contributed by atoms with E-state index in [9.17, 15) is 5.11 Å². The third kappa shape index (κ3) is 14.3. The minimum absolute atomic E-state index is 0.0868. The van der Waals surface area contributed by atoms with Gasteiger partial charge in [-0.1, -0.05) is 83.1 Å². The molecule has 3 nitrogen and oxygen atoms in total. The fraction of sp³-hybridized carbons (Fsp3) is 0.889. The van der Waals surface area contributed by atoms with Gasteiger partial charge in [-0.15, -0.1) is 0 Å². The summed E-state index contributed by atoms with van der Waals surface area (Å²) < 4.78 is 52.2. The Kier molecular flexibility index (Phi) is 8.53. The zero-order chi connectivity index (χ0) is 21.8. The lowest BCUT2D eigenvalue weighted by Gasteiger charge is -2.11. The van der Waals surface area contributed by atoms with Gasteiger partial charge in [0.1, 0.15) is 0 Å². The first-order valence-electron chi connectivity index (χ1n) is 11.6. The van der Waals surface area contributed by atoms with Crippen molar-refractivity contribution >= 4 is 0 Å². The van der Waals surface area contributed by atoms with Crippen LogP contribution in [0.4, 0.5) is 0 Å². The van der Waals surface area contributed by atoms with E-state index in [1.54, 1.807) is 6.08 Å². The average molecular weight is 307 g/mol. The van der Waals surface area contributed by atoms with E-state index in [1.165, 1.54) is 0 Å². The van der Waals surface area contributed by atoms with E-state index in [0.717, 1.165) is 51.4 Å². The molecule has 0 unspecified atom stereocenters. The van der Waals surface area contributed by atoms with Gasteiger partial charge >= 0.3 is 0 Å². The van der Waals surface area contributed by atoms with E-state index in [1.807, 2.05) is 6.08 Å². The maximum absolute atomic E-state index is 9.55. The highest BCUT2D eigenvalue weighted by Gasteiger charge is 2.08. The van der Waals surface area contributed by atoms with Gasteiger partial charge in [0.15, 0.2) is 0 Å². The van der Waals surface area contributed by atoms with Gasteiger partial charge in [0.25, 0.3) is 0 Å². The molecule has 0 fully saturated rings. The van der Waals surface area contributed by atoms with Crippen LogP contribution in [0.15, 0.2) is 12.2 Å². The zero-order valence-corrected chi connectivity index (χ0v) is 13.1. The smallest absolute Gasteiger partial charge is 0.0894 e. The third-order valence-corrected chi connectivity index (χ3v) is 3.49. The zero-order valence-electron chi connectivity index (χ0n) is 20.1. The van der Waals surface area contributed by atoms with E-state index < -0.39 is 31.7 Å². The van der Waals surface area contributed by atoms with Gasteiger partial charge in [-0.2, -0.15) is 0 Å². The molecule has 0 rings (SSSR count). The Morgan fingerprint density at radius 3 is 2.19 bits per heavy atom. The lowest BCUT2D eigenvalue weighted by atomic mass is 10.0. The number of unbranched alkanes of at least 4 members (excludes halogenated alkanes) is 8. The Morgan fingerprint density at radius 2 is 1.62 bits per heavy atom. The van der Waals surface area contributed by atoms with E-state index in [0.29, 0.717) is 6.42 Å². The second-order valence-electron chi connectivity index (χ2n) is 5.43. The monoisotopic (exact) mass is 306 g/mol. The Hall–Kier alpha value is -0.380. The van der Waals surface area contributed by atoms with Gasteiger partial charge in [0.2, 0.25) is 0 Å². The number of rotatable bonds is 15. The normalized spacial score (nSPS) is 21.6. The van der Waals surface area contributed by atoms with Crippen LogP contribution in [0.3, 0.4) is 0 Å². The summed E-state index contributed by atoms with van der Waals surface area (Å²) in [5.41, 5.74) is 5.50. The molecule has 0 saturated heterocycles. The molecule has 0 heterocycles. The number of aliphatic hydroxyl groups is 2. The van der Waals surface area contributed by atoms with E-state index >= 15 is 0 Å². The van der Waals surface area contributed by atoms with Crippen molar-refractivity contribution in [2.45, 2.75) is 96.0 Å². The third-order valence-electron chi connectivity index (χ3n) is 3.49. The number of allylic oxidation sites excluding steroid dienone is 1. The van der Waals surface area contributed by atoms with Crippen molar-refractivity contribution in [1.82, 2.24) is 0 Å². The number of hydrogen-bond donors (Lipinski definition) is 3. The van der Waals surface area contributed by atoms with Gasteiger partial charge in [-0.3, -0.25) is 0 Å². The van der Waals surface area contributed by atoms with Gasteiger partial charge < -0.3 is 15.9 Å². The number of aliphatic hydroxyl groups excluding tert-OH is 2. The summed E-state index contributed by atoms with van der Waals surface area (Å²) in [6.07, 6.45) is 5.71. The molecule has 2 atom stereocenters. The van der Waals surface area contributed by atoms with Crippen molar-refractivity contribution in [2.24, 2.45) is 5.73 Å². The van der Waals surface area contributed by atoms with Crippen LogP contribution in [-0.4, -0.2) is 29.0 Å². The van der Waals surface area contributed by atoms with E-state index in [2.05, 4.69) is 0 Å². The standard InChI is InChI=1S/C18H37NO2/c1-2-3-4-5-6-7-8-9-10-11-12-13-14-15-18(21)17(19)16-20/h14-15,17-18,20-21H,2-13,16,19H2,1H3/b15-14+/t17-,18+/m0/s1/i1D3,2D2,3D2. The fourth-order valence-corrected chi connectivity index (χ4v) is 2.09. The largest absolute Gasteiger partial charge is 0.395 e. The molecule has 0 aromatic carbocycles. The predicted octanol–water partition coefficient (Wildman–Crippen LogP) is 3.92. The van der Waals surface area contributed by atoms with Crippen molar-refractivity contribution < 1.29 is 19.8 Å². The first kappa shape index (κ1) is 11.2. The summed E-state index contributed by atoms with van der Waals surface area (Å²) in [6, 6.07) is -0.640. The van der Waals surface area contributed by atoms with E-state index in [4.69, 9.17) is 20.4 Å². The SMILES string of the molecule is [2H]C([2H])([2H])C([2H])([2H])C([2H])([2H])CCCCCCCCCC/C=C/[C@@H](O)[C@@H](N)CO. The molecule has 0 aliphatic carbocycles. The molecule has 0 aromatic rings. The maximum Gasteiger partial charge on any atom is 0.0894 e. The van der Waals surface area contributed by atoms with Crippen LogP contribution in [-0.2, 0) is 0 Å². The molecule has 0 radical (unpaired) electrons. The Labute approximate surface area is 141 Å². The van der Waals surface area contributed by atoms with Crippen LogP contribution in [0, 0.1) is 0 Å². The summed E-state index contributed by atoms with van der Waals surface area (Å²) >= 11 is 0. The molecule has 0 aromatic heterocycles. The number of nitrogens with two attached hydrogens (primary N) is 1. The van der Waals surface area contributed by atoms with Crippen molar-refractivity contribution in [2.75, 3.05) is 6.61 Å². The second-order valence-corrected chi connectivity index (χ2v) is 5.43. The Bertz CT molecular complexity index is 442. The van der Waals surface area contributed by atoms with Gasteiger partial charge in [-0.25, -0.2) is 0 Å². The average Bonchev–Trinajstić information content (AvgIpc) is 2.60. The molecule has 0 saturated carbocycles. The fourth-order valence-electron chi connectivity index (χ4n) is 2.09. The number of hydrogen-bond acceptors (Lipinski definition) is 3. The van der Waals surface area contributed by atoms with Gasteiger partial charge in [0.05, 0.1) is 18.8 Å². The first-order chi connectivity index (χ1) is 12.9. The van der Waals surface area contributed by atoms with E-state index in [-0.39, 0.29) is 13.0 Å². The summed E-state index contributed by atoms with van der Waals surface area (Å²) in [5, 5.41) is 18.4. The van der Waals surface area contributed by atoms with Gasteiger partial charge in [0, 0.05) is 9.60 Å². The Morgan fingerprint density at radius 1 is 1.05 bits per heavy atom. The van der Waals surface area contributed by atoms with Crippen LogP contribution in [0.2, 0.25) is 0 Å². The highest BCUT2D eigenvalue weighted by molar-refractivity contribution is 4.93. The molecule has 0 bridgehead atoms. The van der Waals surface area contributed by atoms with Crippen molar-refractivity contribution in [3.8, 4) is 0 Å². The van der Waals surface area contributed by atoms with Crippen LogP contribution in [0.25, 0.3) is 0 Å². The molecule has 126 valence electrons. The summed E-state index contributed by atoms with van der Waals surface area (Å²) in [5.74, 6) is 0. The summed E-state index contributed by atoms with van der Waals surface area (Å²) in [7, 11) is 0. The molecule has 3 heteroatoms. The molecule has 0 spiro atoms. The highest BCUT2D eigenvalue weighted by Crippen LogP contribution is 2.12. The predicted molar refractivity (Wildman–Crippen MR) is 91.3 cm³/mol. The lowest BCUT2D eigenvalue weighted by molar-refractivity contribution is 0.144. The van der Waals surface area contributed by atoms with Crippen molar-refractivity contribution in [3.63, 3.8) is 0 Å². The van der Waals surface area contributed by atoms with Crippen LogP contribution in [0.1, 0.15) is 93.4 Å². The maximum atomic E-state index is 9.55. The van der Waals surface area contributed by atoms with Crippen LogP contribution in [0.5, 0.6) is 0 Å². The van der Waals surface area contributed by atoms with Gasteiger partial charge in [-0.05, 0) is 12.8 Å². The molecule has 0 amide bonds. The second kappa shape index (κ2) is 16.0. The molecule has 0 aliphatic heterocycles. The van der Waals surface area contributed by atoms with Crippen molar-refractivity contribution in [3.05, 3.63) is 12.2 Å². The highest BCUT2D eigenvalue weighted by atomic mass is 16.3. The molecule has 4 N–H and O–H groups in total. The Balaban J connectivity index is 3.72. The quantitative estimate of drug-likeness (QED) is 0.317.